The molecule has 0 aliphatic heterocycles. The molecule has 0 aromatic rings. The van der Waals surface area contributed by atoms with E-state index in [2.05, 4.69) is 95.0 Å². The summed E-state index contributed by atoms with van der Waals surface area (Å²) in [7, 11) is 0. The molecule has 0 heterocycles. The van der Waals surface area contributed by atoms with Gasteiger partial charge in [-0.05, 0) is 85.7 Å². The van der Waals surface area contributed by atoms with Crippen molar-refractivity contribution in [3.63, 3.8) is 0 Å². The summed E-state index contributed by atoms with van der Waals surface area (Å²) in [5.41, 5.74) is 0.958. The van der Waals surface area contributed by atoms with Gasteiger partial charge in [0.1, 0.15) is 0 Å². The van der Waals surface area contributed by atoms with Gasteiger partial charge in [0, 0.05) is 0 Å². The van der Waals surface area contributed by atoms with Crippen molar-refractivity contribution in [1.82, 2.24) is 0 Å². The molecule has 1 heteroatoms. The highest BCUT2D eigenvalue weighted by Crippen LogP contribution is 2.57. The van der Waals surface area contributed by atoms with Crippen molar-refractivity contribution >= 4 is 6.21 Å². The quantitative estimate of drug-likeness (QED) is 0.134. The largest absolute Gasteiger partial charge is 0.294 e. The Morgan fingerprint density at radius 2 is 1.42 bits per heavy atom. The van der Waals surface area contributed by atoms with Gasteiger partial charge in [-0.1, -0.05) is 107 Å². The molecular weight excluding hydrogens is 398 g/mol. The monoisotopic (exact) mass is 461 g/mol. The van der Waals surface area contributed by atoms with E-state index in [0.717, 1.165) is 12.3 Å². The Hall–Kier alpha value is -0.590. The second kappa shape index (κ2) is 15.4. The maximum absolute atomic E-state index is 4.90. The van der Waals surface area contributed by atoms with Crippen LogP contribution in [0.4, 0.5) is 0 Å². The first kappa shape index (κ1) is 32.4. The Morgan fingerprint density at radius 1 is 0.788 bits per heavy atom. The predicted molar refractivity (Wildman–Crippen MR) is 153 cm³/mol. The Morgan fingerprint density at radius 3 is 1.91 bits per heavy atom. The van der Waals surface area contributed by atoms with Gasteiger partial charge < -0.3 is 0 Å². The highest BCUT2D eigenvalue weighted by atomic mass is 14.8. The van der Waals surface area contributed by atoms with E-state index < -0.39 is 0 Å². The van der Waals surface area contributed by atoms with Crippen molar-refractivity contribution in [3.8, 4) is 0 Å². The van der Waals surface area contributed by atoms with Crippen molar-refractivity contribution in [3.05, 3.63) is 12.7 Å². The zero-order valence-corrected chi connectivity index (χ0v) is 24.9. The minimum absolute atomic E-state index is 0.291. The predicted octanol–water partition coefficient (Wildman–Crippen LogP) is 10.9. The fraction of sp³-hybridized carbons (Fsp3) is 0.906. The summed E-state index contributed by atoms with van der Waals surface area (Å²) in [5.74, 6) is 2.03. The van der Waals surface area contributed by atoms with Crippen LogP contribution in [0.1, 0.15) is 147 Å². The van der Waals surface area contributed by atoms with Gasteiger partial charge in [-0.3, -0.25) is 4.99 Å². The molecule has 0 spiro atoms. The lowest BCUT2D eigenvalue weighted by Crippen LogP contribution is -2.47. The van der Waals surface area contributed by atoms with Gasteiger partial charge in [0.25, 0.3) is 0 Å². The summed E-state index contributed by atoms with van der Waals surface area (Å²) >= 11 is 0. The molecule has 5 unspecified atom stereocenters. The molecule has 0 aromatic heterocycles. The highest BCUT2D eigenvalue weighted by Gasteiger charge is 2.49. The SMILES string of the molecule is C=CC(CCC)C(C)(CCCC)[C@](C)(CCC)C(C)CCC(C)C/C=N\C(C)C(C)(C)CC. The Bertz CT molecular complexity index is 547. The lowest BCUT2D eigenvalue weighted by Gasteiger charge is -2.55. The van der Waals surface area contributed by atoms with Gasteiger partial charge in [-0.2, -0.15) is 0 Å². The van der Waals surface area contributed by atoms with E-state index in [1.54, 1.807) is 0 Å². The molecule has 0 saturated carbocycles. The standard InChI is InChI=1S/C32H63N/c1-13-18-24-32(12,29(16-4)19-14-2)31(11,23-15-3)27(7)21-20-26(6)22-25-33-28(8)30(9,10)17-5/h16,25-29H,4,13-15,17-24H2,1-3,5-12H3/b33-25-/t26?,27?,28?,29?,31-,32?/m1/s1. The summed E-state index contributed by atoms with van der Waals surface area (Å²) in [5, 5.41) is 0. The van der Waals surface area contributed by atoms with Gasteiger partial charge in [-0.25, -0.2) is 0 Å². The second-order valence-corrected chi connectivity index (χ2v) is 12.5. The van der Waals surface area contributed by atoms with Crippen LogP contribution in [0.15, 0.2) is 17.6 Å². The molecule has 0 N–H and O–H groups in total. The summed E-state index contributed by atoms with van der Waals surface area (Å²) in [6.07, 6.45) is 18.5. The number of nitrogens with zero attached hydrogens (tertiary/aromatic N) is 1. The Balaban J connectivity index is 5.43. The Labute approximate surface area is 210 Å². The van der Waals surface area contributed by atoms with E-state index in [1.807, 2.05) is 0 Å². The summed E-state index contributed by atoms with van der Waals surface area (Å²) < 4.78 is 0. The van der Waals surface area contributed by atoms with E-state index in [4.69, 9.17) is 4.99 Å². The average Bonchev–Trinajstić information content (AvgIpc) is 2.78. The number of rotatable bonds is 19. The zero-order chi connectivity index (χ0) is 25.7. The van der Waals surface area contributed by atoms with Crippen LogP contribution < -0.4 is 0 Å². The van der Waals surface area contributed by atoms with Crippen molar-refractivity contribution in [2.24, 2.45) is 39.0 Å². The highest BCUT2D eigenvalue weighted by molar-refractivity contribution is 5.57. The minimum atomic E-state index is 0.291. The van der Waals surface area contributed by atoms with Crippen molar-refractivity contribution in [1.29, 1.82) is 0 Å². The maximum atomic E-state index is 4.90. The van der Waals surface area contributed by atoms with Crippen LogP contribution >= 0.6 is 0 Å². The molecule has 0 aliphatic rings. The van der Waals surface area contributed by atoms with Crippen LogP contribution in [0.25, 0.3) is 0 Å². The molecule has 33 heavy (non-hydrogen) atoms. The Kier molecular flexibility index (Phi) is 15.1. The average molecular weight is 462 g/mol. The third kappa shape index (κ3) is 9.18. The van der Waals surface area contributed by atoms with Gasteiger partial charge in [0.2, 0.25) is 0 Å². The molecule has 0 amide bonds. The smallest absolute Gasteiger partial charge is 0.0518 e. The first-order chi connectivity index (χ1) is 15.4. The van der Waals surface area contributed by atoms with Crippen molar-refractivity contribution in [2.45, 2.75) is 153 Å². The molecule has 0 saturated heterocycles. The summed E-state index contributed by atoms with van der Waals surface area (Å²) in [4.78, 5) is 4.90. The minimum Gasteiger partial charge on any atom is -0.294 e. The van der Waals surface area contributed by atoms with Crippen LogP contribution in [0.5, 0.6) is 0 Å². The number of unbranched alkanes of at least 4 members (excludes halogenated alkanes) is 1. The van der Waals surface area contributed by atoms with Crippen LogP contribution in [0.3, 0.4) is 0 Å². The molecule has 0 fully saturated rings. The van der Waals surface area contributed by atoms with Crippen LogP contribution in [0, 0.1) is 34.0 Å². The fourth-order valence-electron chi connectivity index (χ4n) is 5.93. The van der Waals surface area contributed by atoms with E-state index in [1.165, 1.54) is 64.2 Å². The second-order valence-electron chi connectivity index (χ2n) is 12.5. The molecule has 0 bridgehead atoms. The first-order valence-corrected chi connectivity index (χ1v) is 14.5. The molecule has 0 radical (unpaired) electrons. The van der Waals surface area contributed by atoms with Crippen molar-refractivity contribution < 1.29 is 0 Å². The molecular formula is C32H63N. The third-order valence-electron chi connectivity index (χ3n) is 9.89. The third-order valence-corrected chi connectivity index (χ3v) is 9.89. The molecule has 0 aromatic carbocycles. The van der Waals surface area contributed by atoms with Crippen molar-refractivity contribution in [2.75, 3.05) is 0 Å². The summed E-state index contributed by atoms with van der Waals surface area (Å²) in [6, 6.07) is 0.398. The molecule has 0 rings (SSSR count). The van der Waals surface area contributed by atoms with Gasteiger partial charge in [0.05, 0.1) is 6.04 Å². The fourth-order valence-corrected chi connectivity index (χ4v) is 5.93. The maximum Gasteiger partial charge on any atom is 0.0518 e. The van der Waals surface area contributed by atoms with E-state index in [9.17, 15) is 0 Å². The van der Waals surface area contributed by atoms with Gasteiger partial charge in [-0.15, -0.1) is 6.58 Å². The number of hydrogen-bond acceptors (Lipinski definition) is 1. The van der Waals surface area contributed by atoms with Crippen LogP contribution in [-0.2, 0) is 0 Å². The number of hydrogen-bond donors (Lipinski definition) is 0. The molecule has 0 aliphatic carbocycles. The zero-order valence-electron chi connectivity index (χ0n) is 24.9. The van der Waals surface area contributed by atoms with E-state index in [0.29, 0.717) is 34.1 Å². The first-order valence-electron chi connectivity index (χ1n) is 14.5. The topological polar surface area (TPSA) is 12.4 Å². The summed E-state index contributed by atoms with van der Waals surface area (Å²) in [6.45, 7) is 30.8. The lowest BCUT2D eigenvalue weighted by molar-refractivity contribution is -0.0451. The van der Waals surface area contributed by atoms with E-state index in [-0.39, 0.29) is 0 Å². The van der Waals surface area contributed by atoms with Crippen LogP contribution in [-0.4, -0.2) is 12.3 Å². The lowest BCUT2D eigenvalue weighted by atomic mass is 9.50. The van der Waals surface area contributed by atoms with Gasteiger partial charge in [0.15, 0.2) is 0 Å². The molecule has 196 valence electrons. The van der Waals surface area contributed by atoms with E-state index >= 15 is 0 Å². The number of aliphatic imine (C=N–C) groups is 1. The molecule has 6 atom stereocenters. The normalized spacial score (nSPS) is 20.1. The number of allylic oxidation sites excluding steroid dienone is 1. The van der Waals surface area contributed by atoms with Gasteiger partial charge >= 0.3 is 0 Å². The molecule has 1 nitrogen and oxygen atoms in total. The van der Waals surface area contributed by atoms with Crippen LogP contribution in [0.2, 0.25) is 0 Å².